The van der Waals surface area contributed by atoms with E-state index in [9.17, 15) is 0 Å². The van der Waals surface area contributed by atoms with E-state index in [-0.39, 0.29) is 0 Å². The molecule has 0 aliphatic carbocycles. The highest BCUT2D eigenvalue weighted by Gasteiger charge is 2.07. The SMILES string of the molecule is CCc1ccc(CN(C)c2cn[nH]c2N)cc1. The van der Waals surface area contributed by atoms with Gasteiger partial charge < -0.3 is 10.6 Å². The molecule has 0 aliphatic rings. The van der Waals surface area contributed by atoms with Crippen LogP contribution < -0.4 is 10.6 Å². The largest absolute Gasteiger partial charge is 0.382 e. The highest BCUT2D eigenvalue weighted by molar-refractivity contribution is 5.61. The van der Waals surface area contributed by atoms with E-state index in [4.69, 9.17) is 5.73 Å². The molecule has 2 rings (SSSR count). The first-order valence-electron chi connectivity index (χ1n) is 5.78. The third-order valence-electron chi connectivity index (χ3n) is 2.91. The summed E-state index contributed by atoms with van der Waals surface area (Å²) in [6, 6.07) is 8.65. The van der Waals surface area contributed by atoms with Gasteiger partial charge in [-0.1, -0.05) is 31.2 Å². The lowest BCUT2D eigenvalue weighted by molar-refractivity contribution is 0.923. The highest BCUT2D eigenvalue weighted by Crippen LogP contribution is 2.20. The molecule has 1 aromatic heterocycles. The average molecular weight is 230 g/mol. The van der Waals surface area contributed by atoms with Crippen molar-refractivity contribution in [1.29, 1.82) is 0 Å². The molecule has 0 radical (unpaired) electrons. The molecule has 0 aliphatic heterocycles. The van der Waals surface area contributed by atoms with Crippen LogP contribution in [-0.4, -0.2) is 17.2 Å². The van der Waals surface area contributed by atoms with Crippen molar-refractivity contribution < 1.29 is 0 Å². The minimum absolute atomic E-state index is 0.609. The lowest BCUT2D eigenvalue weighted by Crippen LogP contribution is -2.16. The van der Waals surface area contributed by atoms with Crippen molar-refractivity contribution in [2.45, 2.75) is 19.9 Å². The van der Waals surface area contributed by atoms with Gasteiger partial charge in [-0.25, -0.2) is 0 Å². The number of hydrogen-bond acceptors (Lipinski definition) is 3. The molecule has 1 aromatic carbocycles. The van der Waals surface area contributed by atoms with Crippen LogP contribution in [0.5, 0.6) is 0 Å². The van der Waals surface area contributed by atoms with Gasteiger partial charge in [-0.05, 0) is 17.5 Å². The van der Waals surface area contributed by atoms with Gasteiger partial charge in [0.05, 0.1) is 11.9 Å². The van der Waals surface area contributed by atoms with Crippen molar-refractivity contribution in [1.82, 2.24) is 10.2 Å². The van der Waals surface area contributed by atoms with E-state index in [0.29, 0.717) is 5.82 Å². The molecule has 4 nitrogen and oxygen atoms in total. The van der Waals surface area contributed by atoms with E-state index >= 15 is 0 Å². The summed E-state index contributed by atoms with van der Waals surface area (Å²) in [5.41, 5.74) is 9.35. The van der Waals surface area contributed by atoms with Crippen LogP contribution in [0.2, 0.25) is 0 Å². The number of aryl methyl sites for hydroxylation is 1. The van der Waals surface area contributed by atoms with Crippen LogP contribution in [-0.2, 0) is 13.0 Å². The summed E-state index contributed by atoms with van der Waals surface area (Å²) in [6.07, 6.45) is 2.82. The van der Waals surface area contributed by atoms with Gasteiger partial charge in [0, 0.05) is 13.6 Å². The quantitative estimate of drug-likeness (QED) is 0.846. The molecular weight excluding hydrogens is 212 g/mol. The first-order valence-corrected chi connectivity index (χ1v) is 5.78. The molecule has 1 heterocycles. The lowest BCUT2D eigenvalue weighted by Gasteiger charge is -2.18. The summed E-state index contributed by atoms with van der Waals surface area (Å²) in [6.45, 7) is 2.99. The zero-order chi connectivity index (χ0) is 12.3. The van der Waals surface area contributed by atoms with Gasteiger partial charge in [0.2, 0.25) is 0 Å². The van der Waals surface area contributed by atoms with Crippen LogP contribution in [0.4, 0.5) is 11.5 Å². The Morgan fingerprint density at radius 2 is 1.88 bits per heavy atom. The smallest absolute Gasteiger partial charge is 0.142 e. The summed E-state index contributed by atoms with van der Waals surface area (Å²) < 4.78 is 0. The van der Waals surface area contributed by atoms with E-state index < -0.39 is 0 Å². The number of aromatic nitrogens is 2. The maximum absolute atomic E-state index is 5.78. The minimum atomic E-state index is 0.609. The number of anilines is 2. The molecule has 17 heavy (non-hydrogen) atoms. The average Bonchev–Trinajstić information content (AvgIpc) is 2.76. The van der Waals surface area contributed by atoms with E-state index in [1.54, 1.807) is 6.20 Å². The third kappa shape index (κ3) is 2.58. The van der Waals surface area contributed by atoms with Crippen molar-refractivity contribution in [3.8, 4) is 0 Å². The number of nitrogens with one attached hydrogen (secondary N) is 1. The van der Waals surface area contributed by atoms with Gasteiger partial charge in [0.1, 0.15) is 5.82 Å². The third-order valence-corrected chi connectivity index (χ3v) is 2.91. The number of rotatable bonds is 4. The van der Waals surface area contributed by atoms with Crippen LogP contribution in [0.1, 0.15) is 18.1 Å². The van der Waals surface area contributed by atoms with Gasteiger partial charge in [0.25, 0.3) is 0 Å². The Balaban J connectivity index is 2.07. The first kappa shape index (κ1) is 11.5. The summed E-state index contributed by atoms with van der Waals surface area (Å²) in [5.74, 6) is 0.609. The van der Waals surface area contributed by atoms with Gasteiger partial charge in [0.15, 0.2) is 0 Å². The minimum Gasteiger partial charge on any atom is -0.382 e. The highest BCUT2D eigenvalue weighted by atomic mass is 15.2. The second-order valence-corrected chi connectivity index (χ2v) is 4.20. The van der Waals surface area contributed by atoms with E-state index in [1.807, 2.05) is 7.05 Å². The fourth-order valence-electron chi connectivity index (χ4n) is 1.83. The summed E-state index contributed by atoms with van der Waals surface area (Å²) >= 11 is 0. The van der Waals surface area contributed by atoms with Gasteiger partial charge in [-0.15, -0.1) is 0 Å². The summed E-state index contributed by atoms with van der Waals surface area (Å²) in [5, 5.41) is 6.66. The van der Waals surface area contributed by atoms with Crippen molar-refractivity contribution in [3.05, 3.63) is 41.6 Å². The van der Waals surface area contributed by atoms with Crippen molar-refractivity contribution in [2.24, 2.45) is 0 Å². The molecular formula is C13H18N4. The lowest BCUT2D eigenvalue weighted by atomic mass is 10.1. The number of benzene rings is 1. The normalized spacial score (nSPS) is 10.5. The van der Waals surface area contributed by atoms with Crippen molar-refractivity contribution in [3.63, 3.8) is 0 Å². The van der Waals surface area contributed by atoms with Gasteiger partial charge in [-0.2, -0.15) is 5.10 Å². The maximum Gasteiger partial charge on any atom is 0.142 e. The fourth-order valence-corrected chi connectivity index (χ4v) is 1.83. The molecule has 0 saturated carbocycles. The molecule has 3 N–H and O–H groups in total. The van der Waals surface area contributed by atoms with E-state index in [2.05, 4.69) is 46.3 Å². The summed E-state index contributed by atoms with van der Waals surface area (Å²) in [7, 11) is 2.01. The fraction of sp³-hybridized carbons (Fsp3) is 0.308. The molecule has 2 aromatic rings. The molecule has 4 heteroatoms. The molecule has 0 amide bonds. The number of aromatic amines is 1. The van der Waals surface area contributed by atoms with Crippen LogP contribution in [0.25, 0.3) is 0 Å². The van der Waals surface area contributed by atoms with Crippen LogP contribution in [0.15, 0.2) is 30.5 Å². The Morgan fingerprint density at radius 3 is 2.41 bits per heavy atom. The van der Waals surface area contributed by atoms with Crippen LogP contribution >= 0.6 is 0 Å². The zero-order valence-electron chi connectivity index (χ0n) is 10.3. The van der Waals surface area contributed by atoms with Crippen LogP contribution in [0.3, 0.4) is 0 Å². The maximum atomic E-state index is 5.78. The standard InChI is InChI=1S/C13H18N4/c1-3-10-4-6-11(7-5-10)9-17(2)12-8-15-16-13(12)14/h4-8H,3,9H2,1-2H3,(H3,14,15,16). The molecule has 0 atom stereocenters. The van der Waals surface area contributed by atoms with Crippen LogP contribution in [0, 0.1) is 0 Å². The second kappa shape index (κ2) is 4.91. The van der Waals surface area contributed by atoms with E-state index in [0.717, 1.165) is 18.7 Å². The van der Waals surface area contributed by atoms with Gasteiger partial charge in [-0.3, -0.25) is 5.10 Å². The molecule has 0 unspecified atom stereocenters. The number of H-pyrrole nitrogens is 1. The Bertz CT molecular complexity index is 472. The number of nitrogen functional groups attached to an aromatic ring is 1. The molecule has 0 spiro atoms. The number of nitrogens with two attached hydrogens (primary N) is 1. The monoisotopic (exact) mass is 230 g/mol. The second-order valence-electron chi connectivity index (χ2n) is 4.20. The Labute approximate surface area is 101 Å². The number of hydrogen-bond donors (Lipinski definition) is 2. The predicted octanol–water partition coefficient (Wildman–Crippen LogP) is 2.19. The summed E-state index contributed by atoms with van der Waals surface area (Å²) in [4.78, 5) is 2.08. The molecule has 0 saturated heterocycles. The predicted molar refractivity (Wildman–Crippen MR) is 70.9 cm³/mol. The Morgan fingerprint density at radius 1 is 1.24 bits per heavy atom. The van der Waals surface area contributed by atoms with Crippen molar-refractivity contribution in [2.75, 3.05) is 17.7 Å². The topological polar surface area (TPSA) is 57.9 Å². The first-order chi connectivity index (χ1) is 8.20. The molecule has 0 fully saturated rings. The molecule has 90 valence electrons. The van der Waals surface area contributed by atoms with E-state index in [1.165, 1.54) is 11.1 Å². The Hall–Kier alpha value is -1.97. The van der Waals surface area contributed by atoms with Crippen molar-refractivity contribution >= 4 is 11.5 Å². The molecule has 0 bridgehead atoms. The zero-order valence-corrected chi connectivity index (χ0v) is 10.3. The number of nitrogens with zero attached hydrogens (tertiary/aromatic N) is 2. The van der Waals surface area contributed by atoms with Gasteiger partial charge >= 0.3 is 0 Å². The Kier molecular flexibility index (Phi) is 3.32.